The Balaban J connectivity index is 1.56. The molecule has 1 saturated carbocycles. The summed E-state index contributed by atoms with van der Waals surface area (Å²) in [6.45, 7) is 0.637. The van der Waals surface area contributed by atoms with E-state index in [1.807, 2.05) is 6.07 Å². The Hall–Kier alpha value is -2.11. The van der Waals surface area contributed by atoms with Gasteiger partial charge in [0.15, 0.2) is 0 Å². The van der Waals surface area contributed by atoms with Crippen molar-refractivity contribution in [3.63, 3.8) is 0 Å². The zero-order valence-electron chi connectivity index (χ0n) is 11.3. The van der Waals surface area contributed by atoms with Crippen LogP contribution in [0.2, 0.25) is 0 Å². The average Bonchev–Trinajstić information content (AvgIpc) is 2.47. The van der Waals surface area contributed by atoms with E-state index in [0.717, 1.165) is 12.8 Å². The quantitative estimate of drug-likeness (QED) is 0.829. The molecule has 100 valence electrons. The molecule has 0 amide bonds. The topological polar surface area (TPSA) is 33.0 Å². The molecule has 0 radical (unpaired) electrons. The molecule has 0 heterocycles. The van der Waals surface area contributed by atoms with E-state index in [9.17, 15) is 0 Å². The fourth-order valence-electron chi connectivity index (χ4n) is 2.45. The standard InChI is InChI=1S/C18H17NO/c19-12-15-10-18(11-15)20-13-14-6-8-17(9-7-14)16-4-2-1-3-5-16/h1-9,15,18H,10-11,13H2/t15-,18+. The molecule has 20 heavy (non-hydrogen) atoms. The number of rotatable bonds is 4. The SMILES string of the molecule is N#C[C@H]1C[C@@H](OCc2ccc(-c3ccccc3)cc2)C1. The van der Waals surface area contributed by atoms with E-state index in [0.29, 0.717) is 6.61 Å². The summed E-state index contributed by atoms with van der Waals surface area (Å²) in [5, 5.41) is 8.72. The molecule has 2 nitrogen and oxygen atoms in total. The summed E-state index contributed by atoms with van der Waals surface area (Å²) in [7, 11) is 0. The second-order valence-corrected chi connectivity index (χ2v) is 5.29. The summed E-state index contributed by atoms with van der Waals surface area (Å²) in [6, 6.07) is 21.1. The van der Waals surface area contributed by atoms with Crippen LogP contribution in [0.25, 0.3) is 11.1 Å². The first-order chi connectivity index (χ1) is 9.85. The molecule has 0 saturated heterocycles. The Kier molecular flexibility index (Phi) is 3.80. The Labute approximate surface area is 119 Å². The van der Waals surface area contributed by atoms with Crippen molar-refractivity contribution < 1.29 is 4.74 Å². The van der Waals surface area contributed by atoms with E-state index < -0.39 is 0 Å². The van der Waals surface area contributed by atoms with E-state index in [1.165, 1.54) is 16.7 Å². The monoisotopic (exact) mass is 263 g/mol. The van der Waals surface area contributed by atoms with Crippen molar-refractivity contribution in [2.75, 3.05) is 0 Å². The Morgan fingerprint density at radius 3 is 2.25 bits per heavy atom. The maximum absolute atomic E-state index is 8.72. The predicted molar refractivity (Wildman–Crippen MR) is 78.8 cm³/mol. The molecule has 0 bridgehead atoms. The van der Waals surface area contributed by atoms with Crippen LogP contribution in [0.3, 0.4) is 0 Å². The molecule has 0 aromatic heterocycles. The van der Waals surface area contributed by atoms with Gasteiger partial charge in [0, 0.05) is 0 Å². The highest BCUT2D eigenvalue weighted by atomic mass is 16.5. The molecule has 0 unspecified atom stereocenters. The van der Waals surface area contributed by atoms with Crippen LogP contribution >= 0.6 is 0 Å². The Morgan fingerprint density at radius 1 is 0.950 bits per heavy atom. The van der Waals surface area contributed by atoms with Crippen LogP contribution < -0.4 is 0 Å². The zero-order valence-corrected chi connectivity index (χ0v) is 11.3. The van der Waals surface area contributed by atoms with Crippen molar-refractivity contribution in [2.45, 2.75) is 25.6 Å². The molecular weight excluding hydrogens is 246 g/mol. The highest BCUT2D eigenvalue weighted by Crippen LogP contribution is 2.30. The molecule has 2 aromatic carbocycles. The first kappa shape index (κ1) is 12.9. The van der Waals surface area contributed by atoms with E-state index in [1.54, 1.807) is 0 Å². The van der Waals surface area contributed by atoms with Gasteiger partial charge in [-0.2, -0.15) is 5.26 Å². The van der Waals surface area contributed by atoms with Crippen molar-refractivity contribution in [3.05, 3.63) is 60.2 Å². The summed E-state index contributed by atoms with van der Waals surface area (Å²) >= 11 is 0. The van der Waals surface area contributed by atoms with Crippen LogP contribution in [0, 0.1) is 17.2 Å². The average molecular weight is 263 g/mol. The number of hydrogen-bond acceptors (Lipinski definition) is 2. The molecule has 0 aliphatic heterocycles. The van der Waals surface area contributed by atoms with Gasteiger partial charge in [-0.3, -0.25) is 0 Å². The molecule has 1 fully saturated rings. The Morgan fingerprint density at radius 2 is 1.60 bits per heavy atom. The van der Waals surface area contributed by atoms with Crippen molar-refractivity contribution >= 4 is 0 Å². The first-order valence-corrected chi connectivity index (χ1v) is 7.01. The number of nitriles is 1. The van der Waals surface area contributed by atoms with Crippen LogP contribution in [0.4, 0.5) is 0 Å². The molecule has 2 aromatic rings. The van der Waals surface area contributed by atoms with Crippen molar-refractivity contribution in [1.82, 2.24) is 0 Å². The molecule has 1 aliphatic carbocycles. The van der Waals surface area contributed by atoms with Gasteiger partial charge in [-0.05, 0) is 29.5 Å². The summed E-state index contributed by atoms with van der Waals surface area (Å²) in [5.74, 6) is 0.209. The van der Waals surface area contributed by atoms with Crippen LogP contribution in [-0.4, -0.2) is 6.10 Å². The predicted octanol–water partition coefficient (Wildman–Crippen LogP) is 4.17. The van der Waals surface area contributed by atoms with Gasteiger partial charge >= 0.3 is 0 Å². The van der Waals surface area contributed by atoms with Crippen LogP contribution in [0.15, 0.2) is 54.6 Å². The fourth-order valence-corrected chi connectivity index (χ4v) is 2.45. The van der Waals surface area contributed by atoms with Gasteiger partial charge in [-0.15, -0.1) is 0 Å². The number of ether oxygens (including phenoxy) is 1. The second-order valence-electron chi connectivity index (χ2n) is 5.29. The first-order valence-electron chi connectivity index (χ1n) is 7.01. The van der Waals surface area contributed by atoms with E-state index in [-0.39, 0.29) is 12.0 Å². The third-order valence-corrected chi connectivity index (χ3v) is 3.82. The van der Waals surface area contributed by atoms with Gasteiger partial charge in [0.2, 0.25) is 0 Å². The lowest BCUT2D eigenvalue weighted by Crippen LogP contribution is -2.30. The highest BCUT2D eigenvalue weighted by Gasteiger charge is 2.29. The third-order valence-electron chi connectivity index (χ3n) is 3.82. The summed E-state index contributed by atoms with van der Waals surface area (Å²) < 4.78 is 5.79. The normalized spacial score (nSPS) is 20.9. The Bertz CT molecular complexity index is 592. The van der Waals surface area contributed by atoms with E-state index in [2.05, 4.69) is 54.6 Å². The molecular formula is C18H17NO. The van der Waals surface area contributed by atoms with Crippen molar-refractivity contribution in [1.29, 1.82) is 5.26 Å². The second kappa shape index (κ2) is 5.90. The third kappa shape index (κ3) is 2.89. The molecule has 0 spiro atoms. The zero-order chi connectivity index (χ0) is 13.8. The maximum Gasteiger partial charge on any atom is 0.0720 e. The lowest BCUT2D eigenvalue weighted by Gasteiger charge is -2.30. The number of benzene rings is 2. The molecule has 0 N–H and O–H groups in total. The van der Waals surface area contributed by atoms with Gasteiger partial charge in [0.05, 0.1) is 24.7 Å². The number of nitrogens with zero attached hydrogens (tertiary/aromatic N) is 1. The van der Waals surface area contributed by atoms with Crippen LogP contribution in [-0.2, 0) is 11.3 Å². The smallest absolute Gasteiger partial charge is 0.0720 e. The lowest BCUT2D eigenvalue weighted by molar-refractivity contribution is -0.0265. The van der Waals surface area contributed by atoms with Gasteiger partial charge in [-0.1, -0.05) is 54.6 Å². The summed E-state index contributed by atoms with van der Waals surface area (Å²) in [4.78, 5) is 0. The largest absolute Gasteiger partial charge is 0.373 e. The van der Waals surface area contributed by atoms with Crippen LogP contribution in [0.5, 0.6) is 0 Å². The van der Waals surface area contributed by atoms with Gasteiger partial charge in [0.1, 0.15) is 0 Å². The minimum absolute atomic E-state index is 0.209. The number of hydrogen-bond donors (Lipinski definition) is 0. The minimum atomic E-state index is 0.209. The van der Waals surface area contributed by atoms with E-state index in [4.69, 9.17) is 10.00 Å². The van der Waals surface area contributed by atoms with E-state index >= 15 is 0 Å². The summed E-state index contributed by atoms with van der Waals surface area (Å²) in [6.07, 6.45) is 2.05. The fraction of sp³-hybridized carbons (Fsp3) is 0.278. The lowest BCUT2D eigenvalue weighted by atomic mass is 9.83. The summed E-state index contributed by atoms with van der Waals surface area (Å²) in [5.41, 5.74) is 3.64. The molecule has 3 rings (SSSR count). The van der Waals surface area contributed by atoms with Gasteiger partial charge < -0.3 is 4.74 Å². The van der Waals surface area contributed by atoms with Crippen molar-refractivity contribution in [3.8, 4) is 17.2 Å². The van der Waals surface area contributed by atoms with Gasteiger partial charge in [0.25, 0.3) is 0 Å². The van der Waals surface area contributed by atoms with Crippen LogP contribution in [0.1, 0.15) is 18.4 Å². The van der Waals surface area contributed by atoms with Gasteiger partial charge in [-0.25, -0.2) is 0 Å². The molecule has 0 atom stereocenters. The minimum Gasteiger partial charge on any atom is -0.373 e. The highest BCUT2D eigenvalue weighted by molar-refractivity contribution is 5.63. The maximum atomic E-state index is 8.72. The molecule has 2 heteroatoms. The van der Waals surface area contributed by atoms with Crippen molar-refractivity contribution in [2.24, 2.45) is 5.92 Å². The molecule has 1 aliphatic rings.